The summed E-state index contributed by atoms with van der Waals surface area (Å²) in [6.07, 6.45) is 1.78. The minimum Gasteiger partial charge on any atom is -0.379 e. The topological polar surface area (TPSA) is 54.0 Å². The lowest BCUT2D eigenvalue weighted by molar-refractivity contribution is 0.103. The molecule has 2 aromatic heterocycles. The smallest absolute Gasteiger partial charge is 0.265 e. The largest absolute Gasteiger partial charge is 0.379 e. The van der Waals surface area contributed by atoms with Crippen LogP contribution in [0.2, 0.25) is 0 Å². The predicted octanol–water partition coefficient (Wildman–Crippen LogP) is 4.01. The summed E-state index contributed by atoms with van der Waals surface area (Å²) in [5.41, 5.74) is 2.75. The van der Waals surface area contributed by atoms with Gasteiger partial charge in [0.05, 0.1) is 17.1 Å². The molecule has 0 unspecified atom stereocenters. The molecule has 4 nitrogen and oxygen atoms in total. The third kappa shape index (κ3) is 3.71. The predicted molar refractivity (Wildman–Crippen MR) is 90.3 cm³/mol. The molecule has 110 valence electrons. The highest BCUT2D eigenvalue weighted by Crippen LogP contribution is 2.16. The first-order valence-electron chi connectivity index (χ1n) is 6.90. The Morgan fingerprint density at radius 1 is 1.00 bits per heavy atom. The highest BCUT2D eigenvalue weighted by atomic mass is 32.1. The number of hydrogen-bond donors (Lipinski definition) is 2. The van der Waals surface area contributed by atoms with E-state index in [1.54, 1.807) is 6.20 Å². The van der Waals surface area contributed by atoms with Crippen LogP contribution in [0.1, 0.15) is 15.4 Å². The molecule has 0 bridgehead atoms. The van der Waals surface area contributed by atoms with Gasteiger partial charge in [-0.3, -0.25) is 9.78 Å². The molecule has 0 fully saturated rings. The summed E-state index contributed by atoms with van der Waals surface area (Å²) in [5.74, 6) is -0.0794. The van der Waals surface area contributed by atoms with E-state index in [2.05, 4.69) is 15.6 Å². The first-order chi connectivity index (χ1) is 10.8. The first kappa shape index (κ1) is 14.3. The van der Waals surface area contributed by atoms with E-state index in [1.807, 2.05) is 60.0 Å². The molecule has 1 amide bonds. The van der Waals surface area contributed by atoms with Crippen molar-refractivity contribution in [2.75, 3.05) is 10.6 Å². The van der Waals surface area contributed by atoms with E-state index in [-0.39, 0.29) is 5.91 Å². The van der Waals surface area contributed by atoms with Crippen LogP contribution in [-0.4, -0.2) is 10.9 Å². The number of carbonyl (C=O) groups is 1. The number of nitrogens with one attached hydrogen (secondary N) is 2. The highest BCUT2D eigenvalue weighted by molar-refractivity contribution is 7.12. The lowest BCUT2D eigenvalue weighted by Crippen LogP contribution is -2.10. The molecule has 3 rings (SSSR count). The van der Waals surface area contributed by atoms with Gasteiger partial charge in [-0.2, -0.15) is 0 Å². The lowest BCUT2D eigenvalue weighted by Gasteiger charge is -2.08. The van der Waals surface area contributed by atoms with E-state index >= 15 is 0 Å². The Labute approximate surface area is 132 Å². The third-order valence-electron chi connectivity index (χ3n) is 3.09. The second-order valence-electron chi connectivity index (χ2n) is 4.68. The number of amides is 1. The molecule has 1 aromatic carbocycles. The molecule has 0 spiro atoms. The molecule has 22 heavy (non-hydrogen) atoms. The molecule has 0 saturated carbocycles. The van der Waals surface area contributed by atoms with Gasteiger partial charge in [0.1, 0.15) is 0 Å². The molecular weight excluding hydrogens is 294 g/mol. The van der Waals surface area contributed by atoms with E-state index in [0.717, 1.165) is 17.1 Å². The van der Waals surface area contributed by atoms with E-state index in [0.29, 0.717) is 11.4 Å². The van der Waals surface area contributed by atoms with Crippen LogP contribution in [0.15, 0.2) is 66.2 Å². The van der Waals surface area contributed by atoms with E-state index in [1.165, 1.54) is 11.3 Å². The van der Waals surface area contributed by atoms with Crippen molar-refractivity contribution in [1.82, 2.24) is 4.98 Å². The minimum absolute atomic E-state index is 0.0794. The van der Waals surface area contributed by atoms with E-state index in [4.69, 9.17) is 0 Å². The molecular formula is C17H15N3OS. The van der Waals surface area contributed by atoms with Gasteiger partial charge >= 0.3 is 0 Å². The molecule has 3 aromatic rings. The molecule has 0 aliphatic rings. The first-order valence-corrected chi connectivity index (χ1v) is 7.78. The summed E-state index contributed by atoms with van der Waals surface area (Å²) in [7, 11) is 0. The van der Waals surface area contributed by atoms with E-state index < -0.39 is 0 Å². The van der Waals surface area contributed by atoms with Gasteiger partial charge in [0.25, 0.3) is 5.91 Å². The van der Waals surface area contributed by atoms with Crippen molar-refractivity contribution in [2.24, 2.45) is 0 Å². The molecule has 0 radical (unpaired) electrons. The zero-order valence-corrected chi connectivity index (χ0v) is 12.6. The average Bonchev–Trinajstić information content (AvgIpc) is 3.10. The van der Waals surface area contributed by atoms with Crippen LogP contribution in [0.4, 0.5) is 11.4 Å². The fourth-order valence-corrected chi connectivity index (χ4v) is 2.59. The van der Waals surface area contributed by atoms with Crippen LogP contribution in [0.3, 0.4) is 0 Å². The van der Waals surface area contributed by atoms with Crippen LogP contribution in [0, 0.1) is 0 Å². The molecule has 0 atom stereocenters. The molecule has 0 aliphatic heterocycles. The summed E-state index contributed by atoms with van der Waals surface area (Å²) in [4.78, 5) is 16.9. The highest BCUT2D eigenvalue weighted by Gasteiger charge is 2.06. The summed E-state index contributed by atoms with van der Waals surface area (Å²) in [6.45, 7) is 0.668. The Bertz CT molecular complexity index is 724. The zero-order valence-electron chi connectivity index (χ0n) is 11.8. The molecule has 2 N–H and O–H groups in total. The van der Waals surface area contributed by atoms with Crippen molar-refractivity contribution in [2.45, 2.75) is 6.54 Å². The summed E-state index contributed by atoms with van der Waals surface area (Å²) < 4.78 is 0. The number of benzene rings is 1. The van der Waals surface area contributed by atoms with Crippen LogP contribution in [0.25, 0.3) is 0 Å². The lowest BCUT2D eigenvalue weighted by atomic mass is 10.2. The number of anilines is 2. The quantitative estimate of drug-likeness (QED) is 0.749. The van der Waals surface area contributed by atoms with Crippen molar-refractivity contribution in [3.8, 4) is 0 Å². The van der Waals surface area contributed by atoms with Crippen molar-refractivity contribution in [3.05, 3.63) is 76.7 Å². The number of hydrogen-bond acceptors (Lipinski definition) is 4. The van der Waals surface area contributed by atoms with Crippen LogP contribution in [-0.2, 0) is 6.54 Å². The fraction of sp³-hybridized carbons (Fsp3) is 0.0588. The minimum atomic E-state index is -0.0794. The van der Waals surface area contributed by atoms with Gasteiger partial charge < -0.3 is 10.6 Å². The van der Waals surface area contributed by atoms with Gasteiger partial charge in [-0.25, -0.2) is 0 Å². The average molecular weight is 309 g/mol. The molecule has 2 heterocycles. The maximum absolute atomic E-state index is 11.9. The number of pyridine rings is 1. The van der Waals surface area contributed by atoms with Gasteiger partial charge in [0.15, 0.2) is 0 Å². The number of rotatable bonds is 5. The van der Waals surface area contributed by atoms with Crippen molar-refractivity contribution >= 4 is 28.6 Å². The number of thiophene rings is 1. The van der Waals surface area contributed by atoms with Crippen molar-refractivity contribution in [3.63, 3.8) is 0 Å². The Balaban J connectivity index is 1.57. The van der Waals surface area contributed by atoms with Crippen LogP contribution in [0.5, 0.6) is 0 Å². The van der Waals surface area contributed by atoms with Gasteiger partial charge in [0, 0.05) is 17.6 Å². The van der Waals surface area contributed by atoms with Gasteiger partial charge in [-0.15, -0.1) is 11.3 Å². The monoisotopic (exact) mass is 309 g/mol. The maximum Gasteiger partial charge on any atom is 0.265 e. The van der Waals surface area contributed by atoms with Crippen molar-refractivity contribution in [1.29, 1.82) is 0 Å². The molecule has 0 aliphatic carbocycles. The maximum atomic E-state index is 11.9. The Hall–Kier alpha value is -2.66. The number of nitrogens with zero attached hydrogens (tertiary/aromatic N) is 1. The third-order valence-corrected chi connectivity index (χ3v) is 3.96. The van der Waals surface area contributed by atoms with Crippen molar-refractivity contribution < 1.29 is 4.79 Å². The van der Waals surface area contributed by atoms with Crippen LogP contribution < -0.4 is 10.6 Å². The standard InChI is InChI=1S/C17H15N3OS/c21-17(16-5-3-11-22-16)20-14-8-6-13(7-9-14)19-12-15-4-1-2-10-18-15/h1-11,19H,12H2,(H,20,21). The second kappa shape index (κ2) is 6.87. The van der Waals surface area contributed by atoms with Crippen LogP contribution >= 0.6 is 11.3 Å². The Morgan fingerprint density at radius 3 is 2.50 bits per heavy atom. The fourth-order valence-electron chi connectivity index (χ4n) is 1.97. The molecule has 0 saturated heterocycles. The van der Waals surface area contributed by atoms with Gasteiger partial charge in [-0.05, 0) is 47.8 Å². The summed E-state index contributed by atoms with van der Waals surface area (Å²) in [6, 6.07) is 17.1. The number of aromatic nitrogens is 1. The Kier molecular flexibility index (Phi) is 4.46. The molecule has 5 heteroatoms. The van der Waals surface area contributed by atoms with Gasteiger partial charge in [0.2, 0.25) is 0 Å². The Morgan fingerprint density at radius 2 is 1.82 bits per heavy atom. The van der Waals surface area contributed by atoms with Gasteiger partial charge in [-0.1, -0.05) is 12.1 Å². The summed E-state index contributed by atoms with van der Waals surface area (Å²) in [5, 5.41) is 8.06. The summed E-state index contributed by atoms with van der Waals surface area (Å²) >= 11 is 1.43. The SMILES string of the molecule is O=C(Nc1ccc(NCc2ccccn2)cc1)c1cccs1. The van der Waals surface area contributed by atoms with E-state index in [9.17, 15) is 4.79 Å². The number of carbonyl (C=O) groups excluding carboxylic acids is 1. The second-order valence-corrected chi connectivity index (χ2v) is 5.63. The normalized spacial score (nSPS) is 10.2. The zero-order chi connectivity index (χ0) is 15.2.